The van der Waals surface area contributed by atoms with E-state index < -0.39 is 0 Å². The molecule has 1 unspecified atom stereocenters. The number of hydrogen-bond donors (Lipinski definition) is 1. The van der Waals surface area contributed by atoms with Crippen LogP contribution in [0.25, 0.3) is 0 Å². The molecular weight excluding hydrogens is 202 g/mol. The highest BCUT2D eigenvalue weighted by atomic mass is 15.3. The number of aromatic nitrogens is 2. The Morgan fingerprint density at radius 3 is 3.19 bits per heavy atom. The molecule has 0 aromatic carbocycles. The zero-order valence-electron chi connectivity index (χ0n) is 9.35. The van der Waals surface area contributed by atoms with Gasteiger partial charge in [0, 0.05) is 25.8 Å². The molecule has 1 aliphatic heterocycles. The number of rotatable bonds is 2. The molecular formula is C11H15N5. The smallest absolute Gasteiger partial charge is 0.226 e. The minimum Gasteiger partial charge on any atom is -0.340 e. The molecule has 1 saturated heterocycles. The standard InChI is InChI=1S/C11H15N5/c1-16(10-3-2-5-13-8-10)11-14-6-4-9(7-12)15-11/h4,6,10,13H,2-3,5,8H2,1H3. The van der Waals surface area contributed by atoms with E-state index in [2.05, 4.69) is 15.3 Å². The fourth-order valence-corrected chi connectivity index (χ4v) is 1.91. The van der Waals surface area contributed by atoms with Gasteiger partial charge in [-0.2, -0.15) is 5.26 Å². The zero-order valence-corrected chi connectivity index (χ0v) is 9.35. The summed E-state index contributed by atoms with van der Waals surface area (Å²) in [6.45, 7) is 2.04. The highest BCUT2D eigenvalue weighted by Gasteiger charge is 2.19. The number of nitriles is 1. The maximum atomic E-state index is 8.78. The van der Waals surface area contributed by atoms with E-state index in [1.807, 2.05) is 18.0 Å². The van der Waals surface area contributed by atoms with E-state index in [1.54, 1.807) is 12.3 Å². The average molecular weight is 217 g/mol. The van der Waals surface area contributed by atoms with Crippen molar-refractivity contribution in [1.82, 2.24) is 15.3 Å². The van der Waals surface area contributed by atoms with Crippen molar-refractivity contribution in [3.05, 3.63) is 18.0 Å². The first kappa shape index (κ1) is 10.8. The molecule has 5 heteroatoms. The van der Waals surface area contributed by atoms with Crippen LogP contribution in [0.15, 0.2) is 12.3 Å². The number of hydrogen-bond acceptors (Lipinski definition) is 5. The van der Waals surface area contributed by atoms with Gasteiger partial charge in [-0.1, -0.05) is 0 Å². The molecule has 2 rings (SSSR count). The van der Waals surface area contributed by atoms with Gasteiger partial charge in [0.1, 0.15) is 11.8 Å². The average Bonchev–Trinajstić information content (AvgIpc) is 2.39. The molecule has 16 heavy (non-hydrogen) atoms. The Labute approximate surface area is 95.1 Å². The largest absolute Gasteiger partial charge is 0.340 e. The van der Waals surface area contributed by atoms with Gasteiger partial charge in [-0.15, -0.1) is 0 Å². The minimum atomic E-state index is 0.417. The zero-order chi connectivity index (χ0) is 11.4. The lowest BCUT2D eigenvalue weighted by Gasteiger charge is -2.31. The molecule has 84 valence electrons. The normalized spacial score (nSPS) is 20.1. The monoisotopic (exact) mass is 217 g/mol. The topological polar surface area (TPSA) is 64.8 Å². The first-order valence-electron chi connectivity index (χ1n) is 5.48. The predicted molar refractivity (Wildman–Crippen MR) is 61.0 cm³/mol. The van der Waals surface area contributed by atoms with Crippen molar-refractivity contribution in [2.45, 2.75) is 18.9 Å². The van der Waals surface area contributed by atoms with E-state index >= 15 is 0 Å². The first-order chi connectivity index (χ1) is 7.81. The molecule has 0 saturated carbocycles. The van der Waals surface area contributed by atoms with Crippen LogP contribution in [0.4, 0.5) is 5.95 Å². The fourth-order valence-electron chi connectivity index (χ4n) is 1.91. The fraction of sp³-hybridized carbons (Fsp3) is 0.545. The van der Waals surface area contributed by atoms with Gasteiger partial charge >= 0.3 is 0 Å². The predicted octanol–water partition coefficient (Wildman–Crippen LogP) is 0.536. The number of anilines is 1. The Kier molecular flexibility index (Phi) is 3.32. The van der Waals surface area contributed by atoms with Crippen LogP contribution in [0, 0.1) is 11.3 Å². The highest BCUT2D eigenvalue weighted by Crippen LogP contribution is 2.14. The molecule has 1 N–H and O–H groups in total. The van der Waals surface area contributed by atoms with Crippen molar-refractivity contribution < 1.29 is 0 Å². The summed E-state index contributed by atoms with van der Waals surface area (Å²) in [7, 11) is 1.98. The Morgan fingerprint density at radius 1 is 1.62 bits per heavy atom. The van der Waals surface area contributed by atoms with E-state index in [-0.39, 0.29) is 0 Å². The van der Waals surface area contributed by atoms with Crippen LogP contribution in [0.5, 0.6) is 0 Å². The van der Waals surface area contributed by atoms with Crippen molar-refractivity contribution in [1.29, 1.82) is 5.26 Å². The van der Waals surface area contributed by atoms with E-state index in [0.717, 1.165) is 19.5 Å². The Hall–Kier alpha value is -1.67. The third-order valence-corrected chi connectivity index (χ3v) is 2.89. The van der Waals surface area contributed by atoms with Crippen LogP contribution in [0.2, 0.25) is 0 Å². The van der Waals surface area contributed by atoms with Crippen LogP contribution in [-0.2, 0) is 0 Å². The number of nitrogens with one attached hydrogen (secondary N) is 1. The lowest BCUT2D eigenvalue weighted by atomic mass is 10.1. The summed E-state index contributed by atoms with van der Waals surface area (Å²) >= 11 is 0. The van der Waals surface area contributed by atoms with Crippen LogP contribution in [0.1, 0.15) is 18.5 Å². The molecule has 1 atom stereocenters. The van der Waals surface area contributed by atoms with Crippen molar-refractivity contribution in [2.24, 2.45) is 0 Å². The Balaban J connectivity index is 2.13. The van der Waals surface area contributed by atoms with Crippen molar-refractivity contribution in [2.75, 3.05) is 25.0 Å². The maximum absolute atomic E-state index is 8.78. The quantitative estimate of drug-likeness (QED) is 0.783. The maximum Gasteiger partial charge on any atom is 0.226 e. The van der Waals surface area contributed by atoms with Crippen molar-refractivity contribution in [3.8, 4) is 6.07 Å². The summed E-state index contributed by atoms with van der Waals surface area (Å²) in [5.41, 5.74) is 0.417. The van der Waals surface area contributed by atoms with Gasteiger partial charge < -0.3 is 10.2 Å². The second-order valence-electron chi connectivity index (χ2n) is 3.96. The highest BCUT2D eigenvalue weighted by molar-refractivity contribution is 5.34. The molecule has 5 nitrogen and oxygen atoms in total. The molecule has 0 aliphatic carbocycles. The second-order valence-corrected chi connectivity index (χ2v) is 3.96. The first-order valence-corrected chi connectivity index (χ1v) is 5.48. The van der Waals surface area contributed by atoms with E-state index in [4.69, 9.17) is 5.26 Å². The van der Waals surface area contributed by atoms with Gasteiger partial charge in [-0.05, 0) is 25.5 Å². The van der Waals surface area contributed by atoms with Crippen molar-refractivity contribution in [3.63, 3.8) is 0 Å². The molecule has 0 radical (unpaired) electrons. The summed E-state index contributed by atoms with van der Waals surface area (Å²) in [5.74, 6) is 0.632. The third kappa shape index (κ3) is 2.28. The molecule has 1 aliphatic rings. The second kappa shape index (κ2) is 4.90. The lowest BCUT2D eigenvalue weighted by Crippen LogP contribution is -2.44. The van der Waals surface area contributed by atoms with Gasteiger partial charge in [0.25, 0.3) is 0 Å². The summed E-state index contributed by atoms with van der Waals surface area (Å²) < 4.78 is 0. The van der Waals surface area contributed by atoms with Crippen LogP contribution in [-0.4, -0.2) is 36.1 Å². The van der Waals surface area contributed by atoms with Crippen LogP contribution < -0.4 is 10.2 Å². The van der Waals surface area contributed by atoms with E-state index in [1.165, 1.54) is 6.42 Å². The van der Waals surface area contributed by atoms with Crippen molar-refractivity contribution >= 4 is 5.95 Å². The van der Waals surface area contributed by atoms with Gasteiger partial charge in [-0.25, -0.2) is 9.97 Å². The molecule has 1 fully saturated rings. The molecule has 1 aromatic rings. The molecule has 1 aromatic heterocycles. The minimum absolute atomic E-state index is 0.417. The number of likely N-dealkylation sites (N-methyl/N-ethyl adjacent to an activating group) is 1. The van der Waals surface area contributed by atoms with Crippen LogP contribution >= 0.6 is 0 Å². The Morgan fingerprint density at radius 2 is 2.50 bits per heavy atom. The van der Waals surface area contributed by atoms with Gasteiger partial charge in [0.05, 0.1) is 0 Å². The molecule has 0 spiro atoms. The van der Waals surface area contributed by atoms with Crippen LogP contribution in [0.3, 0.4) is 0 Å². The van der Waals surface area contributed by atoms with E-state index in [0.29, 0.717) is 17.7 Å². The van der Waals surface area contributed by atoms with Gasteiger partial charge in [-0.3, -0.25) is 0 Å². The molecule has 2 heterocycles. The Bertz CT molecular complexity index is 392. The molecule has 0 bridgehead atoms. The summed E-state index contributed by atoms with van der Waals surface area (Å²) in [5, 5.41) is 12.1. The number of piperidine rings is 1. The SMILES string of the molecule is CN(c1nccc(C#N)n1)C1CCCNC1. The summed E-state index contributed by atoms with van der Waals surface area (Å²) in [6.07, 6.45) is 3.95. The van der Waals surface area contributed by atoms with Gasteiger partial charge in [0.2, 0.25) is 5.95 Å². The lowest BCUT2D eigenvalue weighted by molar-refractivity contribution is 0.441. The van der Waals surface area contributed by atoms with E-state index in [9.17, 15) is 0 Å². The van der Waals surface area contributed by atoms with Gasteiger partial charge in [0.15, 0.2) is 0 Å². The summed E-state index contributed by atoms with van der Waals surface area (Å²) in [6, 6.07) is 4.07. The molecule has 0 amide bonds. The third-order valence-electron chi connectivity index (χ3n) is 2.89. The summed E-state index contributed by atoms with van der Waals surface area (Å²) in [4.78, 5) is 10.4. The number of nitrogens with zero attached hydrogens (tertiary/aromatic N) is 4.